The van der Waals surface area contributed by atoms with Gasteiger partial charge in [-0.2, -0.15) is 0 Å². The van der Waals surface area contributed by atoms with Crippen molar-refractivity contribution in [3.05, 3.63) is 85.7 Å². The molecule has 0 saturated heterocycles. The molecule has 146 valence electrons. The largest absolute Gasteiger partial charge is 0.493 e. The quantitative estimate of drug-likeness (QED) is 0.363. The molecule has 3 aromatic rings. The van der Waals surface area contributed by atoms with Crippen molar-refractivity contribution in [1.82, 2.24) is 0 Å². The lowest BCUT2D eigenvalue weighted by molar-refractivity contribution is 0.282. The van der Waals surface area contributed by atoms with Crippen molar-refractivity contribution in [3.63, 3.8) is 0 Å². The summed E-state index contributed by atoms with van der Waals surface area (Å²) in [4.78, 5) is 0. The molecule has 0 fully saturated rings. The summed E-state index contributed by atoms with van der Waals surface area (Å²) in [6.07, 6.45) is 0. The number of anilines is 1. The van der Waals surface area contributed by atoms with Crippen molar-refractivity contribution >= 4 is 39.9 Å². The van der Waals surface area contributed by atoms with Gasteiger partial charge in [0.25, 0.3) is 0 Å². The van der Waals surface area contributed by atoms with Crippen LogP contribution >= 0.6 is 34.2 Å². The Morgan fingerprint density at radius 1 is 1.07 bits per heavy atom. The highest BCUT2D eigenvalue weighted by Gasteiger charge is 2.12. The minimum atomic E-state index is -0.261. The van der Waals surface area contributed by atoms with Gasteiger partial charge in [-0.1, -0.05) is 29.8 Å². The van der Waals surface area contributed by atoms with Crippen molar-refractivity contribution in [2.75, 3.05) is 12.4 Å². The van der Waals surface area contributed by atoms with E-state index in [9.17, 15) is 4.39 Å². The van der Waals surface area contributed by atoms with Crippen molar-refractivity contribution < 1.29 is 13.9 Å². The van der Waals surface area contributed by atoms with Crippen molar-refractivity contribution in [3.8, 4) is 11.5 Å². The summed E-state index contributed by atoms with van der Waals surface area (Å²) < 4.78 is 25.5. The zero-order valence-corrected chi connectivity index (χ0v) is 18.5. The molecule has 0 spiro atoms. The Kier molecular flexibility index (Phi) is 7.02. The second kappa shape index (κ2) is 9.47. The molecule has 0 radical (unpaired) electrons. The van der Waals surface area contributed by atoms with Crippen LogP contribution in [0, 0.1) is 16.3 Å². The number of benzene rings is 3. The van der Waals surface area contributed by atoms with Gasteiger partial charge in [0.05, 0.1) is 10.7 Å². The Morgan fingerprint density at radius 3 is 2.54 bits per heavy atom. The maximum atomic E-state index is 13.0. The lowest BCUT2D eigenvalue weighted by atomic mass is 10.1. The number of ether oxygens (including phenoxy) is 2. The molecule has 1 N–H and O–H groups in total. The van der Waals surface area contributed by atoms with Crippen molar-refractivity contribution in [1.29, 1.82) is 0 Å². The minimum Gasteiger partial charge on any atom is -0.493 e. The summed E-state index contributed by atoms with van der Waals surface area (Å²) >= 11 is 8.42. The average Bonchev–Trinajstić information content (AvgIpc) is 2.69. The normalized spacial score (nSPS) is 10.6. The van der Waals surface area contributed by atoms with Crippen LogP contribution in [-0.4, -0.2) is 7.11 Å². The van der Waals surface area contributed by atoms with Crippen LogP contribution < -0.4 is 14.8 Å². The molecule has 0 amide bonds. The highest BCUT2D eigenvalue weighted by Crippen LogP contribution is 2.35. The summed E-state index contributed by atoms with van der Waals surface area (Å²) in [7, 11) is 1.62. The first kappa shape index (κ1) is 20.7. The summed E-state index contributed by atoms with van der Waals surface area (Å²) in [5.41, 5.74) is 3.97. The molecule has 28 heavy (non-hydrogen) atoms. The van der Waals surface area contributed by atoms with E-state index < -0.39 is 0 Å². The average molecular weight is 512 g/mol. The fraction of sp³-hybridized carbons (Fsp3) is 0.182. The molecule has 3 aromatic carbocycles. The van der Waals surface area contributed by atoms with E-state index in [0.717, 1.165) is 31.0 Å². The van der Waals surface area contributed by atoms with Crippen molar-refractivity contribution in [2.45, 2.75) is 20.1 Å². The topological polar surface area (TPSA) is 30.5 Å². The molecule has 0 bridgehead atoms. The Hall–Kier alpha value is -1.99. The van der Waals surface area contributed by atoms with Crippen LogP contribution in [0.5, 0.6) is 11.5 Å². The highest BCUT2D eigenvalue weighted by atomic mass is 127. The van der Waals surface area contributed by atoms with Crippen LogP contribution in [-0.2, 0) is 13.2 Å². The maximum Gasteiger partial charge on any atom is 0.174 e. The van der Waals surface area contributed by atoms with Gasteiger partial charge in [-0.3, -0.25) is 0 Å². The van der Waals surface area contributed by atoms with Crippen LogP contribution in [0.1, 0.15) is 16.7 Å². The number of hydrogen-bond acceptors (Lipinski definition) is 3. The zero-order valence-electron chi connectivity index (χ0n) is 15.6. The van der Waals surface area contributed by atoms with E-state index >= 15 is 0 Å². The first-order chi connectivity index (χ1) is 13.5. The van der Waals surface area contributed by atoms with E-state index in [1.807, 2.05) is 31.2 Å². The maximum absolute atomic E-state index is 13.0. The van der Waals surface area contributed by atoms with E-state index in [1.54, 1.807) is 19.2 Å². The summed E-state index contributed by atoms with van der Waals surface area (Å²) in [6.45, 7) is 2.96. The van der Waals surface area contributed by atoms with Crippen LogP contribution in [0.4, 0.5) is 10.1 Å². The first-order valence-corrected chi connectivity index (χ1v) is 10.2. The van der Waals surface area contributed by atoms with Gasteiger partial charge in [-0.15, -0.1) is 0 Å². The van der Waals surface area contributed by atoms with E-state index in [2.05, 4.69) is 34.0 Å². The van der Waals surface area contributed by atoms with Crippen LogP contribution in [0.25, 0.3) is 0 Å². The number of rotatable bonds is 7. The monoisotopic (exact) mass is 511 g/mol. The van der Waals surface area contributed by atoms with Gasteiger partial charge in [0.2, 0.25) is 0 Å². The summed E-state index contributed by atoms with van der Waals surface area (Å²) in [5.74, 6) is 1.08. The van der Waals surface area contributed by atoms with Crippen molar-refractivity contribution in [2.24, 2.45) is 0 Å². The predicted molar refractivity (Wildman–Crippen MR) is 120 cm³/mol. The molecule has 0 aliphatic rings. The van der Waals surface area contributed by atoms with Gasteiger partial charge in [0.1, 0.15) is 12.4 Å². The summed E-state index contributed by atoms with van der Waals surface area (Å²) in [5, 5.41) is 4.15. The Labute approximate surface area is 183 Å². The lowest BCUT2D eigenvalue weighted by Gasteiger charge is -2.16. The fourth-order valence-corrected chi connectivity index (χ4v) is 3.74. The number of methoxy groups -OCH3 is 1. The number of hydrogen-bond donors (Lipinski definition) is 1. The standard InChI is InChI=1S/C22H20ClFINO2/c1-14-18(23)4-3-5-20(14)26-12-16-10-19(25)22(21(11-16)27-2)28-13-15-6-8-17(24)9-7-15/h3-11,26H,12-13H2,1-2H3. The second-order valence-electron chi connectivity index (χ2n) is 6.29. The second-order valence-corrected chi connectivity index (χ2v) is 7.86. The summed E-state index contributed by atoms with van der Waals surface area (Å²) in [6, 6.07) is 16.1. The SMILES string of the molecule is COc1cc(CNc2cccc(Cl)c2C)cc(I)c1OCc1ccc(F)cc1. The third-order valence-corrected chi connectivity index (χ3v) is 5.55. The molecule has 6 heteroatoms. The third-order valence-electron chi connectivity index (χ3n) is 4.34. The zero-order chi connectivity index (χ0) is 20.1. The van der Waals surface area contributed by atoms with Crippen LogP contribution in [0.2, 0.25) is 5.02 Å². The Bertz CT molecular complexity index is 963. The number of halogens is 3. The van der Waals surface area contributed by atoms with E-state index in [4.69, 9.17) is 21.1 Å². The van der Waals surface area contributed by atoms with Gasteiger partial charge >= 0.3 is 0 Å². The lowest BCUT2D eigenvalue weighted by Crippen LogP contribution is -2.04. The van der Waals surface area contributed by atoms with Gasteiger partial charge < -0.3 is 14.8 Å². The van der Waals surface area contributed by atoms with Gasteiger partial charge in [0.15, 0.2) is 11.5 Å². The molecule has 0 aliphatic heterocycles. The molecule has 0 saturated carbocycles. The number of nitrogens with one attached hydrogen (secondary N) is 1. The Morgan fingerprint density at radius 2 is 1.82 bits per heavy atom. The molecule has 0 aromatic heterocycles. The smallest absolute Gasteiger partial charge is 0.174 e. The van der Waals surface area contributed by atoms with E-state index in [-0.39, 0.29) is 5.82 Å². The fourth-order valence-electron chi connectivity index (χ4n) is 2.75. The molecule has 0 aliphatic carbocycles. The third kappa shape index (κ3) is 5.08. The minimum absolute atomic E-state index is 0.261. The molecular formula is C22H20ClFINO2. The first-order valence-electron chi connectivity index (χ1n) is 8.70. The molecule has 3 nitrogen and oxygen atoms in total. The van der Waals surface area contributed by atoms with Gasteiger partial charge in [-0.05, 0) is 82.6 Å². The van der Waals surface area contributed by atoms with E-state index in [1.165, 1.54) is 12.1 Å². The molecule has 3 rings (SSSR count). The molecule has 0 atom stereocenters. The Balaban J connectivity index is 1.73. The van der Waals surface area contributed by atoms with Crippen LogP contribution in [0.15, 0.2) is 54.6 Å². The molecule has 0 heterocycles. The highest BCUT2D eigenvalue weighted by molar-refractivity contribution is 14.1. The van der Waals surface area contributed by atoms with Gasteiger partial charge in [-0.25, -0.2) is 4.39 Å². The molecule has 0 unspecified atom stereocenters. The van der Waals surface area contributed by atoms with Crippen LogP contribution in [0.3, 0.4) is 0 Å². The van der Waals surface area contributed by atoms with Gasteiger partial charge in [0, 0.05) is 17.3 Å². The predicted octanol–water partition coefficient (Wildman–Crippen LogP) is 6.59. The van der Waals surface area contributed by atoms with E-state index in [0.29, 0.717) is 24.7 Å². The molecular weight excluding hydrogens is 492 g/mol.